The van der Waals surface area contributed by atoms with E-state index in [1.54, 1.807) is 42.4 Å². The Morgan fingerprint density at radius 1 is 0.333 bits per heavy atom. The molecule has 0 saturated heterocycles. The molecule has 8 aromatic rings. The van der Waals surface area contributed by atoms with Crippen LogP contribution in [0.4, 0.5) is 0 Å². The van der Waals surface area contributed by atoms with E-state index in [9.17, 15) is 0 Å². The number of thiol groups is 1. The number of hydrogen-bond acceptors (Lipinski definition) is 15. The summed E-state index contributed by atoms with van der Waals surface area (Å²) in [7, 11) is 1.68. The Morgan fingerprint density at radius 2 is 0.620 bits per heavy atom. The van der Waals surface area contributed by atoms with Crippen molar-refractivity contribution >= 4 is 67.3 Å². The van der Waals surface area contributed by atoms with E-state index in [4.69, 9.17) is 52.1 Å². The zero-order valence-corrected chi connectivity index (χ0v) is 73.3. The van der Waals surface area contributed by atoms with Gasteiger partial charge >= 0.3 is 152 Å². The molecule has 0 bridgehead atoms. The molecule has 0 aliphatic heterocycles. The zero-order chi connectivity index (χ0) is 78.7. The van der Waals surface area contributed by atoms with Gasteiger partial charge in [-0.2, -0.15) is 24.4 Å². The molecular formula is C92H130O11S4Se. The van der Waals surface area contributed by atoms with E-state index in [0.29, 0.717) is 70.1 Å². The van der Waals surface area contributed by atoms with Gasteiger partial charge in [-0.25, -0.2) is 0 Å². The van der Waals surface area contributed by atoms with Crippen LogP contribution in [0.15, 0.2) is 210 Å². The smallest absolute Gasteiger partial charge is 0.197 e. The van der Waals surface area contributed by atoms with E-state index in [0.717, 1.165) is 103 Å². The van der Waals surface area contributed by atoms with Crippen LogP contribution < -0.4 is 32.9 Å². The minimum atomic E-state index is -0.258. The van der Waals surface area contributed by atoms with E-state index in [2.05, 4.69) is 216 Å². The summed E-state index contributed by atoms with van der Waals surface area (Å²) in [5.74, 6) is 11.7. The minimum Gasteiger partial charge on any atom is -0.497 e. The summed E-state index contributed by atoms with van der Waals surface area (Å²) in [6, 6.07) is 68.9. The Bertz CT molecular complexity index is 3470. The van der Waals surface area contributed by atoms with Crippen LogP contribution in [0.2, 0.25) is 5.32 Å². The van der Waals surface area contributed by atoms with E-state index >= 15 is 0 Å². The van der Waals surface area contributed by atoms with E-state index < -0.39 is 0 Å². The van der Waals surface area contributed by atoms with Crippen LogP contribution in [0.5, 0.6) is 34.5 Å². The van der Waals surface area contributed by atoms with Gasteiger partial charge in [0.2, 0.25) is 0 Å². The molecule has 11 nitrogen and oxygen atoms in total. The Hall–Kier alpha value is -5.72. The first-order valence-electron chi connectivity index (χ1n) is 38.9. The number of benzene rings is 8. The average Bonchev–Trinajstić information content (AvgIpc) is 0.914. The standard InChI is InChI=1S/C22H30O2Se.C21H28O3S.C20H26O2S.C15H24O2S.C14H22O2S/c1-5-18(3)20-9-11-21(12-10-20)24-19(4)23-15-6-16-25-22-13-7-17(2)8-14-22;1-5-16(2)18-6-8-20(9-7-18)24-17(3)23-14-15-25-21-12-10-19(22-4)11-13-21;1-4-16(2)18-10-12-19(13-11-18)22-17(3)21-14-15-23-20-8-6-5-7-9-20;1-5-12(2)14-6-8-15(9-7-14)17-13(3)16-10-11-18-4;1-4-11(2)13-5-7-14(8-6-13)16-12(3)15-9-10-17/h7-14,18-19H,5-6,15-16H2,1-4H3;6-13,16-17H,5,14-15H2,1-4H3;5-13,16-17H,4,14-15H2,1-3H3;6-9,12-13H,5,10-11H2,1-4H3;5-8,11-12,17H,4,9-10H2,1-3H3. The Kier molecular flexibility index (Phi) is 50.3. The second-order valence-corrected chi connectivity index (χ2v) is 32.8. The van der Waals surface area contributed by atoms with Gasteiger partial charge in [-0.05, 0) is 190 Å². The van der Waals surface area contributed by atoms with Crippen LogP contribution >= 0.6 is 47.9 Å². The van der Waals surface area contributed by atoms with Crippen molar-refractivity contribution in [3.8, 4) is 34.5 Å². The van der Waals surface area contributed by atoms with Crippen molar-refractivity contribution in [2.24, 2.45) is 0 Å². The maximum atomic E-state index is 5.84. The summed E-state index contributed by atoms with van der Waals surface area (Å²) in [6.07, 6.45) is 7.80. The quantitative estimate of drug-likeness (QED) is 0.0129. The number of methoxy groups -OCH3 is 1. The molecule has 10 atom stereocenters. The van der Waals surface area contributed by atoms with Crippen LogP contribution in [-0.4, -0.2) is 116 Å². The second kappa shape index (κ2) is 57.3. The topological polar surface area (TPSA) is 102 Å². The molecule has 0 amide bonds. The molecule has 594 valence electrons. The largest absolute Gasteiger partial charge is 0.497 e. The monoisotopic (exact) mass is 1620 g/mol. The van der Waals surface area contributed by atoms with Crippen molar-refractivity contribution in [3.63, 3.8) is 0 Å². The Balaban J connectivity index is 0.000000288. The zero-order valence-electron chi connectivity index (χ0n) is 68.2. The molecule has 10 unspecified atom stereocenters. The molecule has 0 radical (unpaired) electrons. The predicted molar refractivity (Wildman–Crippen MR) is 465 cm³/mol. The minimum absolute atomic E-state index is 0.188. The van der Waals surface area contributed by atoms with E-state index in [-0.39, 0.29) is 31.5 Å². The van der Waals surface area contributed by atoms with E-state index in [1.165, 1.54) is 53.0 Å². The molecule has 0 heterocycles. The summed E-state index contributed by atoms with van der Waals surface area (Å²) in [4.78, 5) is 2.48. The number of ether oxygens (including phenoxy) is 11. The van der Waals surface area contributed by atoms with Crippen molar-refractivity contribution in [3.05, 3.63) is 234 Å². The third-order valence-corrected chi connectivity index (χ3v) is 23.1. The summed E-state index contributed by atoms with van der Waals surface area (Å²) >= 11 is 9.95. The molecule has 0 saturated carbocycles. The van der Waals surface area contributed by atoms with Crippen molar-refractivity contribution in [2.45, 2.75) is 225 Å². The summed E-state index contributed by atoms with van der Waals surface area (Å²) in [5.41, 5.74) is 8.10. The average molecular weight is 1620 g/mol. The maximum absolute atomic E-state index is 5.84. The van der Waals surface area contributed by atoms with Gasteiger partial charge in [0.15, 0.2) is 25.2 Å². The summed E-state index contributed by atoms with van der Waals surface area (Å²) < 4.78 is 63.6. The van der Waals surface area contributed by atoms with Gasteiger partial charge in [-0.1, -0.05) is 129 Å². The molecule has 8 rings (SSSR count). The maximum Gasteiger partial charge on any atom is 0.197 e. The van der Waals surface area contributed by atoms with Crippen LogP contribution in [-0.2, 0) is 23.7 Å². The molecule has 108 heavy (non-hydrogen) atoms. The number of hydrogen-bond donors (Lipinski definition) is 1. The third kappa shape index (κ3) is 41.0. The Labute approximate surface area is 677 Å². The van der Waals surface area contributed by atoms with Crippen LogP contribution in [0, 0.1) is 6.92 Å². The first-order chi connectivity index (χ1) is 52.2. The van der Waals surface area contributed by atoms with Gasteiger partial charge in [0.25, 0.3) is 0 Å². The molecule has 16 heteroatoms. The summed E-state index contributed by atoms with van der Waals surface area (Å²) in [5, 5.41) is 1.20. The number of thioether (sulfide) groups is 3. The fourth-order valence-electron chi connectivity index (χ4n) is 10.3. The van der Waals surface area contributed by atoms with Gasteiger partial charge in [0, 0.05) is 32.8 Å². The predicted octanol–water partition coefficient (Wildman–Crippen LogP) is 24.7. The fraction of sp³-hybridized carbons (Fsp3) is 0.478. The van der Waals surface area contributed by atoms with Gasteiger partial charge in [-0.3, -0.25) is 0 Å². The van der Waals surface area contributed by atoms with Gasteiger partial charge in [-0.15, -0.1) is 23.5 Å². The molecule has 0 aliphatic carbocycles. The first kappa shape index (κ1) is 94.7. The molecule has 0 spiro atoms. The van der Waals surface area contributed by atoms with Crippen molar-refractivity contribution in [2.75, 3.05) is 69.4 Å². The van der Waals surface area contributed by atoms with Crippen LogP contribution in [0.3, 0.4) is 0 Å². The molecule has 8 aromatic carbocycles. The fourth-order valence-corrected chi connectivity index (χ4v) is 13.9. The number of rotatable bonds is 44. The third-order valence-electron chi connectivity index (χ3n) is 18.0. The van der Waals surface area contributed by atoms with Crippen molar-refractivity contribution < 1.29 is 52.1 Å². The molecule has 0 aliphatic rings. The van der Waals surface area contributed by atoms with E-state index in [1.807, 2.05) is 113 Å². The molecule has 0 N–H and O–H groups in total. The SMILES string of the molecule is CCC(C)c1ccc(OC(C)OCCC[Se]c2ccc(C)cc2)cc1.CCC(C)c1ccc(OC(C)OCCS)cc1.CCC(C)c1ccc(OC(C)OCCSC)cc1.CCC(C)c1ccc(OC(C)OCCSc2ccc(OC)cc2)cc1.CCC(C)c1ccc(OC(C)OCCSc2ccccc2)cc1. The number of aryl methyl sites for hydroxylation is 1. The molecular weight excluding hydrogens is 1490 g/mol. The Morgan fingerprint density at radius 3 is 0.917 bits per heavy atom. The summed E-state index contributed by atoms with van der Waals surface area (Å²) in [6.45, 7) is 37.4. The van der Waals surface area contributed by atoms with Crippen LogP contribution in [0.1, 0.15) is 205 Å². The van der Waals surface area contributed by atoms with Crippen molar-refractivity contribution in [1.29, 1.82) is 0 Å². The normalized spacial score (nSPS) is 13.7. The molecule has 0 fully saturated rings. The first-order valence-corrected chi connectivity index (χ1v) is 44.9. The van der Waals surface area contributed by atoms with Crippen molar-refractivity contribution in [1.82, 2.24) is 0 Å². The van der Waals surface area contributed by atoms with Crippen LogP contribution in [0.25, 0.3) is 0 Å². The van der Waals surface area contributed by atoms with Gasteiger partial charge in [0.1, 0.15) is 28.7 Å². The second-order valence-electron chi connectivity index (χ2n) is 26.6. The van der Waals surface area contributed by atoms with Gasteiger partial charge < -0.3 is 42.6 Å². The molecule has 0 aromatic heterocycles. The van der Waals surface area contributed by atoms with Gasteiger partial charge in [0.05, 0.1) is 33.5 Å².